The van der Waals surface area contributed by atoms with Crippen LogP contribution in [-0.4, -0.2) is 20.5 Å². The molecule has 2 N–H and O–H groups in total. The highest BCUT2D eigenvalue weighted by Crippen LogP contribution is 2.14. The van der Waals surface area contributed by atoms with E-state index in [-0.39, 0.29) is 0 Å². The van der Waals surface area contributed by atoms with Crippen LogP contribution in [-0.2, 0) is 7.05 Å². The summed E-state index contributed by atoms with van der Waals surface area (Å²) in [6, 6.07) is 0. The lowest BCUT2D eigenvalue weighted by Crippen LogP contribution is -1.97. The first-order valence-corrected chi connectivity index (χ1v) is 3.95. The Labute approximate surface area is 69.2 Å². The van der Waals surface area contributed by atoms with Crippen LogP contribution in [0.4, 0.5) is 5.95 Å². The van der Waals surface area contributed by atoms with Crippen LogP contribution in [0.25, 0.3) is 0 Å². The second-order valence-corrected chi connectivity index (χ2v) is 2.84. The van der Waals surface area contributed by atoms with E-state index in [9.17, 15) is 0 Å². The van der Waals surface area contributed by atoms with Crippen LogP contribution in [0.2, 0.25) is 0 Å². The van der Waals surface area contributed by atoms with Gasteiger partial charge in [0.05, 0.1) is 5.75 Å². The van der Waals surface area contributed by atoms with Gasteiger partial charge >= 0.3 is 0 Å². The smallest absolute Gasteiger partial charge is 0.222 e. The fourth-order valence-electron chi connectivity index (χ4n) is 0.558. The summed E-state index contributed by atoms with van der Waals surface area (Å²) in [5.41, 5.74) is 5.44. The molecule has 11 heavy (non-hydrogen) atoms. The van der Waals surface area contributed by atoms with Gasteiger partial charge in [0.1, 0.15) is 0 Å². The standard InChI is InChI=1S/C6H8N4S/c1-3-4-11-6-9-8-5(7)10(6)2/h1H,4H2,2H3,(H2,7,8). The predicted octanol–water partition coefficient (Wildman–Crippen LogP) is 0.123. The van der Waals surface area contributed by atoms with E-state index < -0.39 is 0 Å². The Morgan fingerprint density at radius 3 is 2.91 bits per heavy atom. The lowest BCUT2D eigenvalue weighted by molar-refractivity contribution is 0.797. The van der Waals surface area contributed by atoms with Crippen molar-refractivity contribution in [1.82, 2.24) is 14.8 Å². The van der Waals surface area contributed by atoms with Crippen LogP contribution in [0.1, 0.15) is 0 Å². The van der Waals surface area contributed by atoms with E-state index in [4.69, 9.17) is 12.2 Å². The number of terminal acetylenes is 1. The lowest BCUT2D eigenvalue weighted by Gasteiger charge is -1.95. The van der Waals surface area contributed by atoms with E-state index in [0.717, 1.165) is 5.16 Å². The number of thioether (sulfide) groups is 1. The molecule has 0 aliphatic carbocycles. The molecule has 0 amide bonds. The molecule has 1 aromatic rings. The van der Waals surface area contributed by atoms with E-state index >= 15 is 0 Å². The third-order valence-electron chi connectivity index (χ3n) is 1.15. The molecule has 0 saturated carbocycles. The zero-order valence-corrected chi connectivity index (χ0v) is 6.93. The molecule has 5 heteroatoms. The summed E-state index contributed by atoms with van der Waals surface area (Å²) in [6.07, 6.45) is 5.07. The van der Waals surface area contributed by atoms with Crippen molar-refractivity contribution in [2.45, 2.75) is 5.16 Å². The van der Waals surface area contributed by atoms with Crippen LogP contribution >= 0.6 is 11.8 Å². The second-order valence-electron chi connectivity index (χ2n) is 1.89. The van der Waals surface area contributed by atoms with Crippen LogP contribution < -0.4 is 5.73 Å². The molecule has 0 radical (unpaired) electrons. The SMILES string of the molecule is C#CCSc1nnc(N)n1C. The summed E-state index contributed by atoms with van der Waals surface area (Å²) in [6.45, 7) is 0. The highest BCUT2D eigenvalue weighted by Gasteiger charge is 2.03. The highest BCUT2D eigenvalue weighted by atomic mass is 32.2. The maximum absolute atomic E-state index is 5.44. The van der Waals surface area contributed by atoms with E-state index in [1.807, 2.05) is 0 Å². The molecule has 0 unspecified atom stereocenters. The maximum atomic E-state index is 5.44. The molecular weight excluding hydrogens is 160 g/mol. The van der Waals surface area contributed by atoms with Gasteiger partial charge in [-0.1, -0.05) is 17.7 Å². The maximum Gasteiger partial charge on any atom is 0.222 e. The molecule has 58 valence electrons. The summed E-state index contributed by atoms with van der Waals surface area (Å²) >= 11 is 1.44. The zero-order valence-electron chi connectivity index (χ0n) is 6.11. The fraction of sp³-hybridized carbons (Fsp3) is 0.333. The minimum Gasteiger partial charge on any atom is -0.368 e. The van der Waals surface area contributed by atoms with Gasteiger partial charge < -0.3 is 5.73 Å². The number of nitrogens with two attached hydrogens (primary N) is 1. The van der Waals surface area contributed by atoms with Gasteiger partial charge in [-0.05, 0) is 0 Å². The van der Waals surface area contributed by atoms with Gasteiger partial charge in [0.25, 0.3) is 0 Å². The monoisotopic (exact) mass is 168 g/mol. The first-order valence-electron chi connectivity index (χ1n) is 2.97. The van der Waals surface area contributed by atoms with Gasteiger partial charge in [-0.2, -0.15) is 0 Å². The quantitative estimate of drug-likeness (QED) is 0.503. The number of nitrogens with zero attached hydrogens (tertiary/aromatic N) is 3. The van der Waals surface area contributed by atoms with Crippen molar-refractivity contribution in [3.05, 3.63) is 0 Å². The van der Waals surface area contributed by atoms with E-state index in [1.54, 1.807) is 11.6 Å². The Balaban J connectivity index is 2.72. The Kier molecular flexibility index (Phi) is 2.39. The normalized spacial score (nSPS) is 9.45. The Morgan fingerprint density at radius 2 is 2.45 bits per heavy atom. The molecular formula is C6H8N4S. The van der Waals surface area contributed by atoms with Gasteiger partial charge in [0.2, 0.25) is 5.95 Å². The van der Waals surface area contributed by atoms with Crippen molar-refractivity contribution in [1.29, 1.82) is 0 Å². The van der Waals surface area contributed by atoms with Crippen LogP contribution in [0, 0.1) is 12.3 Å². The molecule has 1 aromatic heterocycles. The molecule has 0 spiro atoms. The van der Waals surface area contributed by atoms with Crippen LogP contribution in [0.15, 0.2) is 5.16 Å². The van der Waals surface area contributed by atoms with Gasteiger partial charge in [0, 0.05) is 7.05 Å². The fourth-order valence-corrected chi connectivity index (χ4v) is 1.16. The number of nitrogen functional groups attached to an aromatic ring is 1. The largest absolute Gasteiger partial charge is 0.368 e. The molecule has 1 rings (SSSR count). The van der Waals surface area contributed by atoms with Crippen molar-refractivity contribution >= 4 is 17.7 Å². The third kappa shape index (κ3) is 1.65. The summed E-state index contributed by atoms with van der Waals surface area (Å²) in [7, 11) is 1.80. The molecule has 0 fully saturated rings. The topological polar surface area (TPSA) is 56.7 Å². The first-order chi connectivity index (χ1) is 5.25. The molecule has 0 saturated heterocycles. The number of hydrogen-bond donors (Lipinski definition) is 1. The van der Waals surface area contributed by atoms with Gasteiger partial charge in [-0.3, -0.25) is 4.57 Å². The van der Waals surface area contributed by atoms with Gasteiger partial charge in [-0.25, -0.2) is 0 Å². The molecule has 0 aliphatic rings. The summed E-state index contributed by atoms with van der Waals surface area (Å²) in [5, 5.41) is 8.23. The Bertz CT molecular complexity index is 285. The summed E-state index contributed by atoms with van der Waals surface area (Å²) in [4.78, 5) is 0. The summed E-state index contributed by atoms with van der Waals surface area (Å²) in [5.74, 6) is 3.49. The number of anilines is 1. The van der Waals surface area contributed by atoms with E-state index in [1.165, 1.54) is 11.8 Å². The van der Waals surface area contributed by atoms with Crippen molar-refractivity contribution in [3.8, 4) is 12.3 Å². The van der Waals surface area contributed by atoms with Gasteiger partial charge in [0.15, 0.2) is 5.16 Å². The predicted molar refractivity (Wildman–Crippen MR) is 45.0 cm³/mol. The first kappa shape index (κ1) is 7.95. The summed E-state index contributed by atoms with van der Waals surface area (Å²) < 4.78 is 1.70. The minimum atomic E-state index is 0.407. The Morgan fingerprint density at radius 1 is 1.73 bits per heavy atom. The number of hydrogen-bond acceptors (Lipinski definition) is 4. The zero-order chi connectivity index (χ0) is 8.27. The molecule has 0 aromatic carbocycles. The van der Waals surface area contributed by atoms with Crippen molar-refractivity contribution in [2.24, 2.45) is 7.05 Å². The van der Waals surface area contributed by atoms with Crippen molar-refractivity contribution in [2.75, 3.05) is 11.5 Å². The molecule has 0 aliphatic heterocycles. The van der Waals surface area contributed by atoms with E-state index in [0.29, 0.717) is 11.7 Å². The molecule has 1 heterocycles. The van der Waals surface area contributed by atoms with Gasteiger partial charge in [-0.15, -0.1) is 16.6 Å². The van der Waals surface area contributed by atoms with Crippen molar-refractivity contribution in [3.63, 3.8) is 0 Å². The van der Waals surface area contributed by atoms with Crippen LogP contribution in [0.5, 0.6) is 0 Å². The van der Waals surface area contributed by atoms with Crippen LogP contribution in [0.3, 0.4) is 0 Å². The Hall–Kier alpha value is -1.15. The minimum absolute atomic E-state index is 0.407. The average Bonchev–Trinajstić information content (AvgIpc) is 2.31. The molecule has 0 bridgehead atoms. The van der Waals surface area contributed by atoms with Crippen molar-refractivity contribution < 1.29 is 0 Å². The average molecular weight is 168 g/mol. The second kappa shape index (κ2) is 3.30. The van der Waals surface area contributed by atoms with E-state index in [2.05, 4.69) is 16.1 Å². The highest BCUT2D eigenvalue weighted by molar-refractivity contribution is 7.99. The molecule has 4 nitrogen and oxygen atoms in total. The number of aromatic nitrogens is 3. The lowest BCUT2D eigenvalue weighted by atomic mass is 10.8. The molecule has 0 atom stereocenters. The number of rotatable bonds is 2. The third-order valence-corrected chi connectivity index (χ3v) is 2.08.